The molecule has 2 rings (SSSR count). The Morgan fingerprint density at radius 3 is 3.07 bits per heavy atom. The summed E-state index contributed by atoms with van der Waals surface area (Å²) in [6, 6.07) is 5.79. The number of rotatable bonds is 3. The van der Waals surface area contributed by atoms with Crippen LogP contribution in [0.3, 0.4) is 0 Å². The second kappa shape index (κ2) is 4.02. The van der Waals surface area contributed by atoms with Crippen LogP contribution >= 0.6 is 15.9 Å². The van der Waals surface area contributed by atoms with Crippen LogP contribution in [-0.2, 0) is 11.3 Å². The number of hydrogen-bond acceptors (Lipinski definition) is 2. The summed E-state index contributed by atoms with van der Waals surface area (Å²) in [7, 11) is 0. The molecule has 0 atom stereocenters. The molecule has 15 heavy (non-hydrogen) atoms. The van der Waals surface area contributed by atoms with Gasteiger partial charge in [-0.3, -0.25) is 9.48 Å². The maximum Gasteiger partial charge on any atom is 0.305 e. The summed E-state index contributed by atoms with van der Waals surface area (Å²) in [6.07, 6.45) is 1.82. The van der Waals surface area contributed by atoms with Gasteiger partial charge in [-0.1, -0.05) is 12.1 Å². The molecule has 4 nitrogen and oxygen atoms in total. The summed E-state index contributed by atoms with van der Waals surface area (Å²) >= 11 is 3.43. The van der Waals surface area contributed by atoms with E-state index in [1.54, 1.807) is 10.9 Å². The predicted molar refractivity (Wildman–Crippen MR) is 59.7 cm³/mol. The van der Waals surface area contributed by atoms with E-state index in [1.807, 2.05) is 18.2 Å². The second-order valence-electron chi connectivity index (χ2n) is 3.19. The molecule has 0 saturated heterocycles. The minimum Gasteiger partial charge on any atom is -0.481 e. The lowest BCUT2D eigenvalue weighted by Gasteiger charge is -2.02. The van der Waals surface area contributed by atoms with Gasteiger partial charge in [0.05, 0.1) is 24.7 Å². The number of aliphatic carboxylic acids is 1. The van der Waals surface area contributed by atoms with Crippen molar-refractivity contribution in [1.82, 2.24) is 9.78 Å². The van der Waals surface area contributed by atoms with Crippen LogP contribution < -0.4 is 0 Å². The normalized spacial score (nSPS) is 10.7. The topological polar surface area (TPSA) is 55.1 Å². The van der Waals surface area contributed by atoms with Crippen LogP contribution in [0.15, 0.2) is 28.9 Å². The number of carboxylic acids is 1. The van der Waals surface area contributed by atoms with Crippen LogP contribution in [-0.4, -0.2) is 20.9 Å². The molecule has 0 spiro atoms. The van der Waals surface area contributed by atoms with Crippen molar-refractivity contribution in [2.45, 2.75) is 13.0 Å². The van der Waals surface area contributed by atoms with E-state index in [1.165, 1.54) is 0 Å². The number of carbonyl (C=O) groups is 1. The number of para-hydroxylation sites is 1. The average Bonchev–Trinajstić information content (AvgIpc) is 2.59. The molecule has 0 amide bonds. The van der Waals surface area contributed by atoms with Gasteiger partial charge in [0.25, 0.3) is 0 Å². The van der Waals surface area contributed by atoms with E-state index in [0.717, 1.165) is 15.4 Å². The van der Waals surface area contributed by atoms with Crippen LogP contribution in [0.1, 0.15) is 6.42 Å². The van der Waals surface area contributed by atoms with Gasteiger partial charge in [-0.15, -0.1) is 0 Å². The Bertz CT molecular complexity index is 507. The van der Waals surface area contributed by atoms with Gasteiger partial charge in [-0.2, -0.15) is 5.10 Å². The van der Waals surface area contributed by atoms with Crippen molar-refractivity contribution in [1.29, 1.82) is 0 Å². The molecular weight excluding hydrogens is 260 g/mol. The number of hydrogen-bond donors (Lipinski definition) is 1. The summed E-state index contributed by atoms with van der Waals surface area (Å²) in [5.41, 5.74) is 0.943. The fourth-order valence-corrected chi connectivity index (χ4v) is 2.06. The summed E-state index contributed by atoms with van der Waals surface area (Å²) in [6.45, 7) is 0.390. The second-order valence-corrected chi connectivity index (χ2v) is 4.04. The van der Waals surface area contributed by atoms with Gasteiger partial charge in [0.15, 0.2) is 0 Å². The highest BCUT2D eigenvalue weighted by molar-refractivity contribution is 9.10. The van der Waals surface area contributed by atoms with Gasteiger partial charge in [0.2, 0.25) is 0 Å². The molecule has 0 aliphatic rings. The smallest absolute Gasteiger partial charge is 0.305 e. The minimum atomic E-state index is -0.814. The molecule has 0 aliphatic carbocycles. The summed E-state index contributed by atoms with van der Waals surface area (Å²) in [4.78, 5) is 10.5. The molecule has 0 fully saturated rings. The molecule has 1 heterocycles. The van der Waals surface area contributed by atoms with Gasteiger partial charge in [-0.25, -0.2) is 0 Å². The Kier molecular flexibility index (Phi) is 2.73. The van der Waals surface area contributed by atoms with E-state index in [-0.39, 0.29) is 6.42 Å². The van der Waals surface area contributed by atoms with Gasteiger partial charge in [-0.05, 0) is 22.0 Å². The lowest BCUT2D eigenvalue weighted by Crippen LogP contribution is -2.05. The number of fused-ring (bicyclic) bond motifs is 1. The highest BCUT2D eigenvalue weighted by atomic mass is 79.9. The van der Waals surface area contributed by atoms with Crippen LogP contribution in [0, 0.1) is 0 Å². The Hall–Kier alpha value is -1.36. The zero-order chi connectivity index (χ0) is 10.8. The number of nitrogens with zero attached hydrogens (tertiary/aromatic N) is 2. The largest absolute Gasteiger partial charge is 0.481 e. The maximum atomic E-state index is 10.5. The number of aryl methyl sites for hydroxylation is 1. The molecule has 2 aromatic rings. The fraction of sp³-hybridized carbons (Fsp3) is 0.200. The predicted octanol–water partition coefficient (Wildman–Crippen LogP) is 2.27. The van der Waals surface area contributed by atoms with Crippen LogP contribution in [0.4, 0.5) is 0 Å². The first kappa shape index (κ1) is 10.2. The number of halogens is 1. The first-order valence-electron chi connectivity index (χ1n) is 4.50. The van der Waals surface area contributed by atoms with E-state index in [9.17, 15) is 4.79 Å². The van der Waals surface area contributed by atoms with Crippen molar-refractivity contribution in [3.8, 4) is 0 Å². The number of carboxylic acid groups (broad SMARTS) is 1. The average molecular weight is 269 g/mol. The molecule has 1 aromatic heterocycles. The maximum absolute atomic E-state index is 10.5. The lowest BCUT2D eigenvalue weighted by atomic mass is 10.2. The standard InChI is InChI=1S/C10H9BrN2O2/c11-8-3-1-2-7-6-12-13(10(7)8)5-4-9(14)15/h1-3,6H,4-5H2,(H,14,15). The molecule has 0 saturated carbocycles. The van der Waals surface area contributed by atoms with E-state index >= 15 is 0 Å². The van der Waals surface area contributed by atoms with Crippen LogP contribution in [0.5, 0.6) is 0 Å². The van der Waals surface area contributed by atoms with Crippen molar-refractivity contribution in [2.75, 3.05) is 0 Å². The van der Waals surface area contributed by atoms with Gasteiger partial charge in [0, 0.05) is 9.86 Å². The Balaban J connectivity index is 2.39. The number of aromatic nitrogens is 2. The molecule has 0 radical (unpaired) electrons. The highest BCUT2D eigenvalue weighted by Gasteiger charge is 2.07. The monoisotopic (exact) mass is 268 g/mol. The van der Waals surface area contributed by atoms with E-state index in [2.05, 4.69) is 21.0 Å². The molecule has 5 heteroatoms. The molecule has 0 bridgehead atoms. The SMILES string of the molecule is O=C(O)CCn1ncc2cccc(Br)c21. The van der Waals surface area contributed by atoms with Gasteiger partial charge >= 0.3 is 5.97 Å². The van der Waals surface area contributed by atoms with Crippen molar-refractivity contribution in [2.24, 2.45) is 0 Å². The highest BCUT2D eigenvalue weighted by Crippen LogP contribution is 2.23. The summed E-state index contributed by atoms with van der Waals surface area (Å²) < 4.78 is 2.64. The molecule has 78 valence electrons. The first-order valence-corrected chi connectivity index (χ1v) is 5.29. The Morgan fingerprint density at radius 2 is 2.33 bits per heavy atom. The fourth-order valence-electron chi connectivity index (χ4n) is 1.47. The zero-order valence-electron chi connectivity index (χ0n) is 7.85. The lowest BCUT2D eigenvalue weighted by molar-refractivity contribution is -0.137. The molecule has 0 unspecified atom stereocenters. The van der Waals surface area contributed by atoms with Crippen LogP contribution in [0.2, 0.25) is 0 Å². The quantitative estimate of drug-likeness (QED) is 0.929. The van der Waals surface area contributed by atoms with Crippen molar-refractivity contribution < 1.29 is 9.90 Å². The van der Waals surface area contributed by atoms with Gasteiger partial charge < -0.3 is 5.11 Å². The first-order chi connectivity index (χ1) is 7.18. The van der Waals surface area contributed by atoms with E-state index in [0.29, 0.717) is 6.54 Å². The summed E-state index contributed by atoms with van der Waals surface area (Å²) in [5.74, 6) is -0.814. The Labute approximate surface area is 94.6 Å². The van der Waals surface area contributed by atoms with Gasteiger partial charge in [0.1, 0.15) is 0 Å². The van der Waals surface area contributed by atoms with Crippen molar-refractivity contribution >= 4 is 32.8 Å². The summed E-state index contributed by atoms with van der Waals surface area (Å²) in [5, 5.41) is 13.8. The third kappa shape index (κ3) is 2.02. The molecule has 0 aliphatic heterocycles. The van der Waals surface area contributed by atoms with Crippen molar-refractivity contribution in [3.63, 3.8) is 0 Å². The molecular formula is C10H9BrN2O2. The molecule has 1 aromatic carbocycles. The third-order valence-corrected chi connectivity index (χ3v) is 2.79. The zero-order valence-corrected chi connectivity index (χ0v) is 9.44. The third-order valence-electron chi connectivity index (χ3n) is 2.15. The minimum absolute atomic E-state index is 0.0815. The number of benzene rings is 1. The van der Waals surface area contributed by atoms with E-state index in [4.69, 9.17) is 5.11 Å². The Morgan fingerprint density at radius 1 is 1.53 bits per heavy atom. The van der Waals surface area contributed by atoms with Crippen LogP contribution in [0.25, 0.3) is 10.9 Å². The van der Waals surface area contributed by atoms with Crippen molar-refractivity contribution in [3.05, 3.63) is 28.9 Å². The van der Waals surface area contributed by atoms with E-state index < -0.39 is 5.97 Å². The molecule has 1 N–H and O–H groups in total.